The second-order valence-electron chi connectivity index (χ2n) is 4.96. The van der Waals surface area contributed by atoms with E-state index in [0.29, 0.717) is 11.1 Å². The van der Waals surface area contributed by atoms with Crippen LogP contribution >= 0.6 is 0 Å². The van der Waals surface area contributed by atoms with Gasteiger partial charge in [-0.25, -0.2) is 13.6 Å². The molecule has 0 aromatic heterocycles. The van der Waals surface area contributed by atoms with Crippen LogP contribution in [0.3, 0.4) is 0 Å². The van der Waals surface area contributed by atoms with Gasteiger partial charge < -0.3 is 9.84 Å². The third-order valence-corrected chi connectivity index (χ3v) is 3.65. The Morgan fingerprint density at radius 3 is 2.16 bits per heavy atom. The van der Waals surface area contributed by atoms with E-state index in [1.807, 2.05) is 0 Å². The standard InChI is InChI=1S/C14H16F2O3/c1-19-12(17)10-2-4-11(5-3-10)13(18)6-8-14(15,16)9-7-13/h2-5,18H,6-9H2,1H3. The van der Waals surface area contributed by atoms with Gasteiger partial charge in [-0.1, -0.05) is 12.1 Å². The Hall–Kier alpha value is -1.49. The number of benzene rings is 1. The number of carbonyl (C=O) groups excluding carboxylic acids is 1. The first-order chi connectivity index (χ1) is 8.86. The lowest BCUT2D eigenvalue weighted by atomic mass is 9.78. The van der Waals surface area contributed by atoms with Gasteiger partial charge in [-0.05, 0) is 30.5 Å². The Labute approximate surface area is 110 Å². The molecule has 1 saturated carbocycles. The molecule has 0 heterocycles. The molecule has 0 saturated heterocycles. The van der Waals surface area contributed by atoms with Crippen LogP contribution in [0.4, 0.5) is 8.78 Å². The average Bonchev–Trinajstić information content (AvgIpc) is 2.42. The summed E-state index contributed by atoms with van der Waals surface area (Å²) < 4.78 is 30.8. The molecule has 1 aliphatic carbocycles. The fourth-order valence-electron chi connectivity index (χ4n) is 2.35. The predicted octanol–water partition coefficient (Wildman–Crippen LogP) is 2.87. The minimum Gasteiger partial charge on any atom is -0.465 e. The molecular weight excluding hydrogens is 254 g/mol. The third kappa shape index (κ3) is 2.92. The van der Waals surface area contributed by atoms with Gasteiger partial charge in [-0.15, -0.1) is 0 Å². The van der Waals surface area contributed by atoms with Crippen LogP contribution < -0.4 is 0 Å². The Bertz CT molecular complexity index is 458. The molecule has 104 valence electrons. The summed E-state index contributed by atoms with van der Waals surface area (Å²) in [5.41, 5.74) is -0.289. The lowest BCUT2D eigenvalue weighted by molar-refractivity contribution is -0.107. The summed E-state index contributed by atoms with van der Waals surface area (Å²) in [5, 5.41) is 10.4. The van der Waals surface area contributed by atoms with Gasteiger partial charge in [0.05, 0.1) is 18.3 Å². The number of aliphatic hydroxyl groups is 1. The summed E-state index contributed by atoms with van der Waals surface area (Å²) in [7, 11) is 1.28. The number of carbonyl (C=O) groups is 1. The zero-order valence-electron chi connectivity index (χ0n) is 10.7. The van der Waals surface area contributed by atoms with E-state index in [9.17, 15) is 18.7 Å². The van der Waals surface area contributed by atoms with Crippen molar-refractivity contribution in [2.75, 3.05) is 7.11 Å². The normalized spacial score (nSPS) is 20.8. The van der Waals surface area contributed by atoms with Crippen LogP contribution in [-0.4, -0.2) is 24.1 Å². The molecule has 1 aromatic carbocycles. The first kappa shape index (κ1) is 13.9. The Balaban J connectivity index is 2.16. The number of hydrogen-bond acceptors (Lipinski definition) is 3. The van der Waals surface area contributed by atoms with Gasteiger partial charge >= 0.3 is 5.97 Å². The van der Waals surface area contributed by atoms with E-state index in [1.54, 1.807) is 12.1 Å². The second-order valence-corrected chi connectivity index (χ2v) is 4.96. The molecule has 1 fully saturated rings. The Morgan fingerprint density at radius 2 is 1.68 bits per heavy atom. The number of hydrogen-bond donors (Lipinski definition) is 1. The second kappa shape index (κ2) is 4.89. The van der Waals surface area contributed by atoms with Gasteiger partial charge in [0.25, 0.3) is 0 Å². The molecule has 1 aromatic rings. The van der Waals surface area contributed by atoms with Gasteiger partial charge in [0.2, 0.25) is 5.92 Å². The van der Waals surface area contributed by atoms with E-state index in [1.165, 1.54) is 19.2 Å². The van der Waals surface area contributed by atoms with E-state index in [0.717, 1.165) is 0 Å². The molecular formula is C14H16F2O3. The maximum absolute atomic E-state index is 13.1. The number of esters is 1. The van der Waals surface area contributed by atoms with Gasteiger partial charge in [0.15, 0.2) is 0 Å². The maximum atomic E-state index is 13.1. The van der Waals surface area contributed by atoms with Crippen molar-refractivity contribution in [1.82, 2.24) is 0 Å². The molecule has 0 aliphatic heterocycles. The molecule has 1 aliphatic rings. The van der Waals surface area contributed by atoms with Crippen LogP contribution in [0.1, 0.15) is 41.6 Å². The molecule has 19 heavy (non-hydrogen) atoms. The van der Waals surface area contributed by atoms with Crippen molar-refractivity contribution in [3.8, 4) is 0 Å². The molecule has 1 N–H and O–H groups in total. The molecule has 0 spiro atoms. The summed E-state index contributed by atoms with van der Waals surface area (Å²) in [6.45, 7) is 0. The van der Waals surface area contributed by atoms with E-state index in [4.69, 9.17) is 0 Å². The fraction of sp³-hybridized carbons (Fsp3) is 0.500. The van der Waals surface area contributed by atoms with E-state index >= 15 is 0 Å². The summed E-state index contributed by atoms with van der Waals surface area (Å²) in [4.78, 5) is 11.3. The highest BCUT2D eigenvalue weighted by Crippen LogP contribution is 2.43. The number of rotatable bonds is 2. The van der Waals surface area contributed by atoms with E-state index in [-0.39, 0.29) is 25.7 Å². The van der Waals surface area contributed by atoms with Crippen molar-refractivity contribution in [3.05, 3.63) is 35.4 Å². The zero-order chi connectivity index (χ0) is 14.1. The van der Waals surface area contributed by atoms with Gasteiger partial charge in [-0.2, -0.15) is 0 Å². The Morgan fingerprint density at radius 1 is 1.16 bits per heavy atom. The number of halogens is 2. The predicted molar refractivity (Wildman–Crippen MR) is 65.1 cm³/mol. The van der Waals surface area contributed by atoms with Gasteiger partial charge in [0, 0.05) is 12.8 Å². The summed E-state index contributed by atoms with van der Waals surface area (Å²) >= 11 is 0. The maximum Gasteiger partial charge on any atom is 0.337 e. The minimum absolute atomic E-state index is 0.0254. The topological polar surface area (TPSA) is 46.5 Å². The van der Waals surface area contributed by atoms with Gasteiger partial charge in [0.1, 0.15) is 0 Å². The third-order valence-electron chi connectivity index (χ3n) is 3.65. The van der Waals surface area contributed by atoms with Gasteiger partial charge in [-0.3, -0.25) is 0 Å². The largest absolute Gasteiger partial charge is 0.465 e. The Kier molecular flexibility index (Phi) is 3.58. The highest BCUT2D eigenvalue weighted by atomic mass is 19.3. The molecule has 0 atom stereocenters. The molecule has 3 nitrogen and oxygen atoms in total. The molecule has 0 unspecified atom stereocenters. The molecule has 0 amide bonds. The van der Waals surface area contributed by atoms with E-state index < -0.39 is 17.5 Å². The van der Waals surface area contributed by atoms with Crippen molar-refractivity contribution < 1.29 is 23.4 Å². The fourth-order valence-corrected chi connectivity index (χ4v) is 2.35. The highest BCUT2D eigenvalue weighted by molar-refractivity contribution is 5.89. The van der Waals surface area contributed by atoms with Crippen molar-refractivity contribution in [3.63, 3.8) is 0 Å². The van der Waals surface area contributed by atoms with E-state index in [2.05, 4.69) is 4.74 Å². The van der Waals surface area contributed by atoms with Crippen LogP contribution in [0.25, 0.3) is 0 Å². The van der Waals surface area contributed by atoms with Crippen molar-refractivity contribution >= 4 is 5.97 Å². The molecule has 2 rings (SSSR count). The zero-order valence-corrected chi connectivity index (χ0v) is 10.7. The number of alkyl halides is 2. The first-order valence-electron chi connectivity index (χ1n) is 6.15. The molecule has 0 radical (unpaired) electrons. The summed E-state index contributed by atoms with van der Waals surface area (Å²) in [6, 6.07) is 6.25. The van der Waals surface area contributed by atoms with Crippen LogP contribution in [0, 0.1) is 0 Å². The number of ether oxygens (including phenoxy) is 1. The first-order valence-corrected chi connectivity index (χ1v) is 6.15. The number of methoxy groups -OCH3 is 1. The lowest BCUT2D eigenvalue weighted by Crippen LogP contribution is -2.36. The minimum atomic E-state index is -2.68. The molecule has 0 bridgehead atoms. The summed E-state index contributed by atoms with van der Waals surface area (Å²) in [5.74, 6) is -3.15. The van der Waals surface area contributed by atoms with Crippen molar-refractivity contribution in [2.24, 2.45) is 0 Å². The van der Waals surface area contributed by atoms with Crippen LogP contribution in [0.15, 0.2) is 24.3 Å². The van der Waals surface area contributed by atoms with Crippen LogP contribution in [-0.2, 0) is 10.3 Å². The molecule has 5 heteroatoms. The summed E-state index contributed by atoms with van der Waals surface area (Å²) in [6.07, 6.45) is -0.584. The lowest BCUT2D eigenvalue weighted by Gasteiger charge is -2.36. The SMILES string of the molecule is COC(=O)c1ccc(C2(O)CCC(F)(F)CC2)cc1. The monoisotopic (exact) mass is 270 g/mol. The smallest absolute Gasteiger partial charge is 0.337 e. The van der Waals surface area contributed by atoms with Crippen molar-refractivity contribution in [1.29, 1.82) is 0 Å². The van der Waals surface area contributed by atoms with Crippen molar-refractivity contribution in [2.45, 2.75) is 37.2 Å². The quantitative estimate of drug-likeness (QED) is 0.840. The van der Waals surface area contributed by atoms with Crippen LogP contribution in [0.2, 0.25) is 0 Å². The average molecular weight is 270 g/mol. The highest BCUT2D eigenvalue weighted by Gasteiger charge is 2.43. The van der Waals surface area contributed by atoms with Crippen LogP contribution in [0.5, 0.6) is 0 Å².